The van der Waals surface area contributed by atoms with Crippen LogP contribution in [0.3, 0.4) is 0 Å². The number of hydrazone groups is 1. The third kappa shape index (κ3) is 3.57. The Bertz CT molecular complexity index is 347. The molecule has 1 rings (SSSR count). The van der Waals surface area contributed by atoms with Crippen molar-refractivity contribution < 1.29 is 0 Å². The smallest absolute Gasteiger partial charge is 0.168 e. The van der Waals surface area contributed by atoms with Crippen LogP contribution in [-0.4, -0.2) is 3.53 Å². The highest BCUT2D eigenvalue weighted by atomic mass is 79.9. The molecule has 13 heavy (non-hydrogen) atoms. The topological polar surface area (TPSA) is 48.2 Å². The molecule has 0 aromatic heterocycles. The fourth-order valence-corrected chi connectivity index (χ4v) is 0.903. The minimum atomic E-state index is 0.587. The highest BCUT2D eigenvalue weighted by molar-refractivity contribution is 9.39. The molecule has 0 spiro atoms. The molecule has 0 bridgehead atoms. The Morgan fingerprint density at radius 1 is 1.31 bits per heavy atom. The number of halogens is 2. The summed E-state index contributed by atoms with van der Waals surface area (Å²) < 4.78 is 0.587. The van der Waals surface area contributed by atoms with Gasteiger partial charge in [-0.25, -0.2) is 0 Å². The van der Waals surface area contributed by atoms with Gasteiger partial charge in [-0.2, -0.15) is 10.4 Å². The number of nitrogens with one attached hydrogen (secondary N) is 1. The van der Waals surface area contributed by atoms with Crippen LogP contribution in [0.5, 0.6) is 0 Å². The summed E-state index contributed by atoms with van der Waals surface area (Å²) >= 11 is 6.22. The molecule has 0 aliphatic heterocycles. The normalized spacial score (nSPS) is 8.69. The van der Waals surface area contributed by atoms with Crippen LogP contribution in [0.15, 0.2) is 29.4 Å². The Labute approximate surface area is 92.7 Å². The molecule has 0 radical (unpaired) electrons. The average Bonchev–Trinajstić information content (AvgIpc) is 2.15. The Morgan fingerprint density at radius 3 is 2.38 bits per heavy atom. The van der Waals surface area contributed by atoms with E-state index < -0.39 is 0 Å². The van der Waals surface area contributed by atoms with Crippen molar-refractivity contribution in [2.75, 3.05) is 5.43 Å². The van der Waals surface area contributed by atoms with Gasteiger partial charge in [-0.3, -0.25) is 5.43 Å². The summed E-state index contributed by atoms with van der Waals surface area (Å²) in [5, 5.41) is 12.4. The number of hydrogen-bond acceptors (Lipinski definition) is 3. The van der Waals surface area contributed by atoms with Gasteiger partial charge in [0.1, 0.15) is 0 Å². The number of rotatable bonds is 2. The number of benzene rings is 1. The highest BCUT2D eigenvalue weighted by Crippen LogP contribution is 2.09. The van der Waals surface area contributed by atoms with Crippen LogP contribution in [0.25, 0.3) is 0 Å². The molecule has 0 amide bonds. The SMILES string of the molecule is N#Cc1ccc(NN=C(Br)Br)cc1. The van der Waals surface area contributed by atoms with E-state index >= 15 is 0 Å². The fraction of sp³-hybridized carbons (Fsp3) is 0. The molecule has 1 N–H and O–H groups in total. The van der Waals surface area contributed by atoms with Gasteiger partial charge in [-0.1, -0.05) is 0 Å². The van der Waals surface area contributed by atoms with E-state index in [1.807, 2.05) is 6.07 Å². The van der Waals surface area contributed by atoms with Crippen LogP contribution in [0, 0.1) is 11.3 Å². The van der Waals surface area contributed by atoms with Gasteiger partial charge in [-0.15, -0.1) is 0 Å². The van der Waals surface area contributed by atoms with E-state index in [2.05, 4.69) is 42.4 Å². The van der Waals surface area contributed by atoms with Gasteiger partial charge < -0.3 is 0 Å². The first-order chi connectivity index (χ1) is 6.22. The summed E-state index contributed by atoms with van der Waals surface area (Å²) in [5.41, 5.74) is 4.24. The number of nitriles is 1. The molecule has 0 atom stereocenters. The first-order valence-corrected chi connectivity index (χ1v) is 4.96. The first kappa shape index (κ1) is 10.2. The molecule has 0 unspecified atom stereocenters. The van der Waals surface area contributed by atoms with Crippen molar-refractivity contribution in [2.45, 2.75) is 0 Å². The Balaban J connectivity index is 2.71. The molecule has 66 valence electrons. The zero-order valence-electron chi connectivity index (χ0n) is 6.46. The van der Waals surface area contributed by atoms with Gasteiger partial charge in [0.25, 0.3) is 0 Å². The van der Waals surface area contributed by atoms with Gasteiger partial charge in [0.2, 0.25) is 0 Å². The summed E-state index contributed by atoms with van der Waals surface area (Å²) in [4.78, 5) is 0. The lowest BCUT2D eigenvalue weighted by Gasteiger charge is -1.98. The summed E-state index contributed by atoms with van der Waals surface area (Å²) in [6, 6.07) is 9.05. The molecule has 0 aliphatic rings. The largest absolute Gasteiger partial charge is 0.277 e. The van der Waals surface area contributed by atoms with Gasteiger partial charge in [0, 0.05) is 0 Å². The van der Waals surface area contributed by atoms with Gasteiger partial charge >= 0.3 is 0 Å². The molecule has 0 aliphatic carbocycles. The van der Waals surface area contributed by atoms with Crippen LogP contribution in [0.1, 0.15) is 5.56 Å². The molecule has 5 heteroatoms. The second kappa shape index (κ2) is 5.00. The number of nitrogens with zero attached hydrogens (tertiary/aromatic N) is 2. The van der Waals surface area contributed by atoms with Crippen LogP contribution in [0.4, 0.5) is 5.69 Å². The van der Waals surface area contributed by atoms with E-state index in [4.69, 9.17) is 5.26 Å². The van der Waals surface area contributed by atoms with Gasteiger partial charge in [0.05, 0.1) is 17.3 Å². The fourth-order valence-electron chi connectivity index (χ4n) is 0.726. The van der Waals surface area contributed by atoms with Gasteiger partial charge in [-0.05, 0) is 56.1 Å². The predicted molar refractivity (Wildman–Crippen MR) is 60.1 cm³/mol. The maximum Gasteiger partial charge on any atom is 0.168 e. The maximum absolute atomic E-state index is 8.53. The molecular weight excluding hydrogens is 298 g/mol. The second-order valence-corrected chi connectivity index (χ2v) is 4.72. The van der Waals surface area contributed by atoms with E-state index in [9.17, 15) is 0 Å². The molecule has 0 fully saturated rings. The number of anilines is 1. The minimum absolute atomic E-state index is 0.587. The molecule has 1 aromatic rings. The molecular formula is C8H5Br2N3. The minimum Gasteiger partial charge on any atom is -0.277 e. The van der Waals surface area contributed by atoms with E-state index in [1.54, 1.807) is 24.3 Å². The van der Waals surface area contributed by atoms with E-state index in [0.717, 1.165) is 5.69 Å². The maximum atomic E-state index is 8.53. The van der Waals surface area contributed by atoms with Crippen LogP contribution >= 0.6 is 31.9 Å². The second-order valence-electron chi connectivity index (χ2n) is 2.15. The van der Waals surface area contributed by atoms with Gasteiger partial charge in [0.15, 0.2) is 3.53 Å². The van der Waals surface area contributed by atoms with E-state index in [0.29, 0.717) is 9.09 Å². The van der Waals surface area contributed by atoms with Crippen molar-refractivity contribution in [1.29, 1.82) is 5.26 Å². The van der Waals surface area contributed by atoms with Crippen molar-refractivity contribution in [3.05, 3.63) is 29.8 Å². The van der Waals surface area contributed by atoms with Crippen LogP contribution in [-0.2, 0) is 0 Å². The standard InChI is InChI=1S/C8H5Br2N3/c9-8(10)13-12-7-3-1-6(5-11)2-4-7/h1-4,12H. The lowest BCUT2D eigenvalue weighted by Crippen LogP contribution is -1.89. The lowest BCUT2D eigenvalue weighted by molar-refractivity contribution is 1.35. The summed E-state index contributed by atoms with van der Waals surface area (Å²) in [5.74, 6) is 0. The van der Waals surface area contributed by atoms with Crippen LogP contribution < -0.4 is 5.43 Å². The van der Waals surface area contributed by atoms with Crippen molar-refractivity contribution >= 4 is 41.1 Å². The van der Waals surface area contributed by atoms with Crippen molar-refractivity contribution in [1.82, 2.24) is 0 Å². The van der Waals surface area contributed by atoms with Crippen molar-refractivity contribution in [2.24, 2.45) is 5.10 Å². The highest BCUT2D eigenvalue weighted by Gasteiger charge is 1.91. The molecule has 0 heterocycles. The monoisotopic (exact) mass is 301 g/mol. The summed E-state index contributed by atoms with van der Waals surface area (Å²) in [7, 11) is 0. The van der Waals surface area contributed by atoms with Crippen molar-refractivity contribution in [3.8, 4) is 6.07 Å². The van der Waals surface area contributed by atoms with E-state index in [-0.39, 0.29) is 0 Å². The lowest BCUT2D eigenvalue weighted by atomic mass is 10.2. The first-order valence-electron chi connectivity index (χ1n) is 3.37. The summed E-state index contributed by atoms with van der Waals surface area (Å²) in [6.45, 7) is 0. The Morgan fingerprint density at radius 2 is 1.92 bits per heavy atom. The Kier molecular flexibility index (Phi) is 3.93. The van der Waals surface area contributed by atoms with E-state index in [1.165, 1.54) is 0 Å². The summed E-state index contributed by atoms with van der Waals surface area (Å²) in [6.07, 6.45) is 0. The van der Waals surface area contributed by atoms with Crippen LogP contribution in [0.2, 0.25) is 0 Å². The third-order valence-electron chi connectivity index (χ3n) is 1.28. The number of hydrogen-bond donors (Lipinski definition) is 1. The molecule has 3 nitrogen and oxygen atoms in total. The molecule has 1 aromatic carbocycles. The molecule has 0 saturated carbocycles. The zero-order chi connectivity index (χ0) is 9.68. The quantitative estimate of drug-likeness (QED) is 0.674. The molecule has 0 saturated heterocycles. The average molecular weight is 303 g/mol. The zero-order valence-corrected chi connectivity index (χ0v) is 9.63. The Hall–Kier alpha value is -0.860. The van der Waals surface area contributed by atoms with Crippen molar-refractivity contribution in [3.63, 3.8) is 0 Å². The predicted octanol–water partition coefficient (Wildman–Crippen LogP) is 3.03. The third-order valence-corrected chi connectivity index (χ3v) is 1.64.